The second kappa shape index (κ2) is 4.60. The van der Waals surface area contributed by atoms with Gasteiger partial charge in [-0.1, -0.05) is 13.3 Å². The molecule has 3 nitrogen and oxygen atoms in total. The second-order valence-corrected chi connectivity index (χ2v) is 4.00. The Morgan fingerprint density at radius 3 is 3.00 bits per heavy atom. The molecule has 3 heteroatoms. The fourth-order valence-corrected chi connectivity index (χ4v) is 1.67. The van der Waals surface area contributed by atoms with Crippen LogP contribution >= 0.6 is 0 Å². The summed E-state index contributed by atoms with van der Waals surface area (Å²) in [5.41, 5.74) is 0. The van der Waals surface area contributed by atoms with Gasteiger partial charge in [0.05, 0.1) is 12.7 Å². The zero-order chi connectivity index (χ0) is 9.80. The van der Waals surface area contributed by atoms with Crippen LogP contribution in [0.1, 0.15) is 37.8 Å². The normalized spacial score (nSPS) is 16.9. The van der Waals surface area contributed by atoms with Gasteiger partial charge in [0.1, 0.15) is 5.76 Å². The molecule has 1 aromatic heterocycles. The van der Waals surface area contributed by atoms with Gasteiger partial charge in [-0.2, -0.15) is 0 Å². The molecule has 0 aromatic carbocycles. The van der Waals surface area contributed by atoms with Crippen LogP contribution in [0.15, 0.2) is 10.6 Å². The molecule has 1 fully saturated rings. The van der Waals surface area contributed by atoms with E-state index in [4.69, 9.17) is 4.42 Å². The summed E-state index contributed by atoms with van der Waals surface area (Å²) in [6, 6.07) is 0. The predicted molar refractivity (Wildman–Crippen MR) is 54.9 cm³/mol. The average molecular weight is 194 g/mol. The standard InChI is InChI=1S/C11H18N2O/c1-2-10-7-13-11(14-10)8-12-6-9-4-3-5-9/h7,9,12H,2-6,8H2,1H3. The number of hydrogen-bond acceptors (Lipinski definition) is 3. The summed E-state index contributed by atoms with van der Waals surface area (Å²) in [4.78, 5) is 4.20. The van der Waals surface area contributed by atoms with Gasteiger partial charge >= 0.3 is 0 Å². The Labute approximate surface area is 84.9 Å². The first-order valence-corrected chi connectivity index (χ1v) is 5.52. The van der Waals surface area contributed by atoms with Gasteiger partial charge < -0.3 is 9.73 Å². The number of aromatic nitrogens is 1. The van der Waals surface area contributed by atoms with Gasteiger partial charge in [-0.05, 0) is 25.3 Å². The number of nitrogens with one attached hydrogen (secondary N) is 1. The molecule has 14 heavy (non-hydrogen) atoms. The third-order valence-electron chi connectivity index (χ3n) is 2.88. The molecule has 0 bridgehead atoms. The van der Waals surface area contributed by atoms with Crippen molar-refractivity contribution in [3.05, 3.63) is 17.8 Å². The van der Waals surface area contributed by atoms with Crippen LogP contribution in [0.25, 0.3) is 0 Å². The molecule has 1 aliphatic carbocycles. The van der Waals surface area contributed by atoms with E-state index in [-0.39, 0.29) is 0 Å². The minimum Gasteiger partial charge on any atom is -0.444 e. The van der Waals surface area contributed by atoms with Crippen LogP contribution in [-0.2, 0) is 13.0 Å². The van der Waals surface area contributed by atoms with Crippen molar-refractivity contribution >= 4 is 0 Å². The van der Waals surface area contributed by atoms with Gasteiger partial charge in [0, 0.05) is 6.42 Å². The summed E-state index contributed by atoms with van der Waals surface area (Å²) in [5.74, 6) is 2.70. The molecule has 78 valence electrons. The first kappa shape index (κ1) is 9.71. The topological polar surface area (TPSA) is 38.1 Å². The largest absolute Gasteiger partial charge is 0.444 e. The number of rotatable bonds is 5. The lowest BCUT2D eigenvalue weighted by molar-refractivity contribution is 0.295. The number of hydrogen-bond donors (Lipinski definition) is 1. The molecule has 0 atom stereocenters. The average Bonchev–Trinajstić information content (AvgIpc) is 2.57. The molecule has 0 unspecified atom stereocenters. The van der Waals surface area contributed by atoms with E-state index >= 15 is 0 Å². The van der Waals surface area contributed by atoms with Gasteiger partial charge in [0.25, 0.3) is 0 Å². The van der Waals surface area contributed by atoms with E-state index in [2.05, 4.69) is 17.2 Å². The highest BCUT2D eigenvalue weighted by Crippen LogP contribution is 2.25. The van der Waals surface area contributed by atoms with Crippen molar-refractivity contribution < 1.29 is 4.42 Å². The minimum absolute atomic E-state index is 0.774. The monoisotopic (exact) mass is 194 g/mol. The molecule has 1 aromatic rings. The van der Waals surface area contributed by atoms with Crippen molar-refractivity contribution in [3.8, 4) is 0 Å². The Morgan fingerprint density at radius 2 is 2.43 bits per heavy atom. The van der Waals surface area contributed by atoms with Crippen LogP contribution in [0.3, 0.4) is 0 Å². The van der Waals surface area contributed by atoms with Crippen LogP contribution in [0.2, 0.25) is 0 Å². The summed E-state index contributed by atoms with van der Waals surface area (Å²) in [5, 5.41) is 3.38. The van der Waals surface area contributed by atoms with Crippen LogP contribution in [0.4, 0.5) is 0 Å². The zero-order valence-corrected chi connectivity index (χ0v) is 8.75. The van der Waals surface area contributed by atoms with Crippen LogP contribution in [-0.4, -0.2) is 11.5 Å². The molecule has 0 radical (unpaired) electrons. The van der Waals surface area contributed by atoms with Gasteiger partial charge in [-0.25, -0.2) is 4.98 Å². The number of nitrogens with zero attached hydrogens (tertiary/aromatic N) is 1. The van der Waals surface area contributed by atoms with Gasteiger partial charge in [-0.15, -0.1) is 0 Å². The summed E-state index contributed by atoms with van der Waals surface area (Å²) in [7, 11) is 0. The molecule has 0 spiro atoms. The van der Waals surface area contributed by atoms with Gasteiger partial charge in [0.15, 0.2) is 0 Å². The smallest absolute Gasteiger partial charge is 0.208 e. The van der Waals surface area contributed by atoms with E-state index in [1.165, 1.54) is 19.3 Å². The van der Waals surface area contributed by atoms with Crippen molar-refractivity contribution in [3.63, 3.8) is 0 Å². The summed E-state index contributed by atoms with van der Waals surface area (Å²) in [6.45, 7) is 3.96. The Hall–Kier alpha value is -0.830. The molecule has 0 aliphatic heterocycles. The molecular formula is C11H18N2O. The third-order valence-corrected chi connectivity index (χ3v) is 2.88. The third kappa shape index (κ3) is 2.35. The van der Waals surface area contributed by atoms with Crippen LogP contribution in [0, 0.1) is 5.92 Å². The quantitative estimate of drug-likeness (QED) is 0.780. The van der Waals surface area contributed by atoms with Crippen LogP contribution < -0.4 is 5.32 Å². The fraction of sp³-hybridized carbons (Fsp3) is 0.727. The van der Waals surface area contributed by atoms with Crippen molar-refractivity contribution in [2.24, 2.45) is 5.92 Å². The summed E-state index contributed by atoms with van der Waals surface area (Å²) in [6.07, 6.45) is 6.93. The highest BCUT2D eigenvalue weighted by Gasteiger charge is 2.16. The van der Waals surface area contributed by atoms with E-state index in [1.54, 1.807) is 0 Å². The van der Waals surface area contributed by atoms with Gasteiger partial charge in [0.2, 0.25) is 5.89 Å². The Kier molecular flexibility index (Phi) is 3.19. The van der Waals surface area contributed by atoms with Crippen molar-refractivity contribution in [1.29, 1.82) is 0 Å². The molecule has 1 saturated carbocycles. The van der Waals surface area contributed by atoms with E-state index in [1.807, 2.05) is 6.20 Å². The molecule has 1 heterocycles. The maximum atomic E-state index is 5.49. The Bertz CT molecular complexity index is 279. The molecule has 0 saturated heterocycles. The number of aryl methyl sites for hydroxylation is 1. The molecule has 1 aliphatic rings. The highest BCUT2D eigenvalue weighted by molar-refractivity contribution is 4.93. The predicted octanol–water partition coefficient (Wildman–Crippen LogP) is 2.13. The lowest BCUT2D eigenvalue weighted by Gasteiger charge is -2.25. The molecular weight excluding hydrogens is 176 g/mol. The summed E-state index contributed by atoms with van der Waals surface area (Å²) >= 11 is 0. The Balaban J connectivity index is 1.68. The van der Waals surface area contributed by atoms with Crippen molar-refractivity contribution in [2.45, 2.75) is 39.2 Å². The van der Waals surface area contributed by atoms with Crippen molar-refractivity contribution in [1.82, 2.24) is 10.3 Å². The first-order valence-electron chi connectivity index (χ1n) is 5.52. The maximum Gasteiger partial charge on any atom is 0.208 e. The maximum absolute atomic E-state index is 5.49. The molecule has 1 N–H and O–H groups in total. The van der Waals surface area contributed by atoms with E-state index in [0.717, 1.165) is 37.1 Å². The first-order chi connectivity index (χ1) is 6.88. The molecule has 2 rings (SSSR count). The lowest BCUT2D eigenvalue weighted by atomic mass is 9.85. The zero-order valence-electron chi connectivity index (χ0n) is 8.75. The van der Waals surface area contributed by atoms with E-state index in [9.17, 15) is 0 Å². The van der Waals surface area contributed by atoms with Crippen molar-refractivity contribution in [2.75, 3.05) is 6.54 Å². The van der Waals surface area contributed by atoms with E-state index < -0.39 is 0 Å². The second-order valence-electron chi connectivity index (χ2n) is 4.00. The van der Waals surface area contributed by atoms with E-state index in [0.29, 0.717) is 0 Å². The SMILES string of the molecule is CCc1cnc(CNCC2CCC2)o1. The minimum atomic E-state index is 0.774. The molecule has 0 amide bonds. The highest BCUT2D eigenvalue weighted by atomic mass is 16.4. The number of oxazole rings is 1. The fourth-order valence-electron chi connectivity index (χ4n) is 1.67. The van der Waals surface area contributed by atoms with Crippen LogP contribution in [0.5, 0.6) is 0 Å². The lowest BCUT2D eigenvalue weighted by Crippen LogP contribution is -2.26. The Morgan fingerprint density at radius 1 is 1.57 bits per heavy atom. The summed E-state index contributed by atoms with van der Waals surface area (Å²) < 4.78 is 5.49. The van der Waals surface area contributed by atoms with Gasteiger partial charge in [-0.3, -0.25) is 0 Å².